The predicted octanol–water partition coefficient (Wildman–Crippen LogP) is 1.67. The summed E-state index contributed by atoms with van der Waals surface area (Å²) in [5.74, 6) is 0.694. The van der Waals surface area contributed by atoms with E-state index in [1.165, 1.54) is 11.1 Å². The molecule has 2 aromatic rings. The second-order valence-corrected chi connectivity index (χ2v) is 4.99. The molecular weight excluding hydrogens is 256 g/mol. The topological polar surface area (TPSA) is 55.0 Å². The molecule has 0 aliphatic carbocycles. The predicted molar refractivity (Wildman–Crippen MR) is 79.1 cm³/mol. The number of hydrogen-bond donors (Lipinski definition) is 1. The Hall–Kier alpha value is -2.01. The SMILES string of the molecule is NC(=S)c1ccnc(N2CCc3ccccc3C2)n1. The lowest BCUT2D eigenvalue weighted by Crippen LogP contribution is -2.32. The third-order valence-corrected chi connectivity index (χ3v) is 3.52. The number of nitrogens with two attached hydrogens (primary N) is 1. The van der Waals surface area contributed by atoms with Crippen LogP contribution in [0.3, 0.4) is 0 Å². The van der Waals surface area contributed by atoms with E-state index in [9.17, 15) is 0 Å². The van der Waals surface area contributed by atoms with Gasteiger partial charge in [0.25, 0.3) is 0 Å². The summed E-state index contributed by atoms with van der Waals surface area (Å²) in [6.07, 6.45) is 2.72. The quantitative estimate of drug-likeness (QED) is 0.841. The second-order valence-electron chi connectivity index (χ2n) is 4.55. The van der Waals surface area contributed by atoms with Crippen LogP contribution in [0.2, 0.25) is 0 Å². The zero-order valence-electron chi connectivity index (χ0n) is 10.4. The molecule has 0 bridgehead atoms. The fraction of sp³-hybridized carbons (Fsp3) is 0.214. The lowest BCUT2D eigenvalue weighted by atomic mass is 10.0. The van der Waals surface area contributed by atoms with Crippen molar-refractivity contribution < 1.29 is 0 Å². The average molecular weight is 270 g/mol. The standard InChI is InChI=1S/C14H14N4S/c15-13(19)12-5-7-16-14(17-12)18-8-6-10-3-1-2-4-11(10)9-18/h1-5,7H,6,8-9H2,(H2,15,19). The van der Waals surface area contributed by atoms with Gasteiger partial charge in [-0.2, -0.15) is 0 Å². The molecule has 2 N–H and O–H groups in total. The Kier molecular flexibility index (Phi) is 3.13. The van der Waals surface area contributed by atoms with Crippen molar-refractivity contribution in [3.63, 3.8) is 0 Å². The number of nitrogens with zero attached hydrogens (tertiary/aromatic N) is 3. The molecular formula is C14H14N4S. The molecule has 19 heavy (non-hydrogen) atoms. The maximum atomic E-state index is 5.61. The highest BCUT2D eigenvalue weighted by Gasteiger charge is 2.18. The average Bonchev–Trinajstić information content (AvgIpc) is 2.47. The summed E-state index contributed by atoms with van der Waals surface area (Å²) < 4.78 is 0. The zero-order chi connectivity index (χ0) is 13.2. The molecule has 1 aliphatic heterocycles. The van der Waals surface area contributed by atoms with Gasteiger partial charge in [-0.05, 0) is 23.6 Å². The number of rotatable bonds is 2. The van der Waals surface area contributed by atoms with Gasteiger partial charge in [0.1, 0.15) is 10.7 Å². The lowest BCUT2D eigenvalue weighted by Gasteiger charge is -2.28. The van der Waals surface area contributed by atoms with Crippen LogP contribution in [0.1, 0.15) is 16.8 Å². The summed E-state index contributed by atoms with van der Waals surface area (Å²) in [6.45, 7) is 1.74. The maximum Gasteiger partial charge on any atom is 0.226 e. The van der Waals surface area contributed by atoms with Gasteiger partial charge in [0, 0.05) is 19.3 Å². The fourth-order valence-corrected chi connectivity index (χ4v) is 2.42. The van der Waals surface area contributed by atoms with Crippen molar-refractivity contribution in [3.05, 3.63) is 53.3 Å². The molecule has 0 saturated carbocycles. The normalized spacial score (nSPS) is 14.0. The highest BCUT2D eigenvalue weighted by atomic mass is 32.1. The van der Waals surface area contributed by atoms with E-state index in [-0.39, 0.29) is 0 Å². The van der Waals surface area contributed by atoms with Crippen molar-refractivity contribution in [1.29, 1.82) is 0 Å². The maximum absolute atomic E-state index is 5.61. The van der Waals surface area contributed by atoms with Crippen molar-refractivity contribution >= 4 is 23.2 Å². The summed E-state index contributed by atoms with van der Waals surface area (Å²) in [7, 11) is 0. The van der Waals surface area contributed by atoms with Gasteiger partial charge in [0.2, 0.25) is 5.95 Å². The van der Waals surface area contributed by atoms with Gasteiger partial charge in [-0.25, -0.2) is 9.97 Å². The number of fused-ring (bicyclic) bond motifs is 1. The summed E-state index contributed by atoms with van der Waals surface area (Å²) in [5.41, 5.74) is 8.97. The monoisotopic (exact) mass is 270 g/mol. The van der Waals surface area contributed by atoms with Gasteiger partial charge in [-0.1, -0.05) is 36.5 Å². The molecule has 0 fully saturated rings. The summed E-state index contributed by atoms with van der Waals surface area (Å²) in [5, 5.41) is 0. The Morgan fingerprint density at radius 1 is 1.21 bits per heavy atom. The first-order valence-corrected chi connectivity index (χ1v) is 6.59. The van der Waals surface area contributed by atoms with E-state index >= 15 is 0 Å². The second kappa shape index (κ2) is 4.93. The van der Waals surface area contributed by atoms with E-state index in [0.29, 0.717) is 16.6 Å². The van der Waals surface area contributed by atoms with E-state index in [1.54, 1.807) is 12.3 Å². The number of thiocarbonyl (C=S) groups is 1. The summed E-state index contributed by atoms with van der Waals surface area (Å²) >= 11 is 4.96. The molecule has 1 aromatic heterocycles. The van der Waals surface area contributed by atoms with Crippen molar-refractivity contribution in [1.82, 2.24) is 9.97 Å². The van der Waals surface area contributed by atoms with Crippen LogP contribution >= 0.6 is 12.2 Å². The molecule has 1 aliphatic rings. The minimum Gasteiger partial charge on any atom is -0.388 e. The minimum absolute atomic E-state index is 0.307. The van der Waals surface area contributed by atoms with E-state index in [2.05, 4.69) is 39.1 Å². The molecule has 0 atom stereocenters. The Labute approximate surface area is 117 Å². The van der Waals surface area contributed by atoms with Crippen LogP contribution < -0.4 is 10.6 Å². The van der Waals surface area contributed by atoms with Crippen molar-refractivity contribution in [2.75, 3.05) is 11.4 Å². The van der Waals surface area contributed by atoms with Crippen LogP contribution in [-0.4, -0.2) is 21.5 Å². The van der Waals surface area contributed by atoms with Gasteiger partial charge in [0.15, 0.2) is 0 Å². The van der Waals surface area contributed by atoms with Crippen LogP contribution in [0.5, 0.6) is 0 Å². The molecule has 0 unspecified atom stereocenters. The summed E-state index contributed by atoms with van der Waals surface area (Å²) in [4.78, 5) is 11.2. The highest BCUT2D eigenvalue weighted by Crippen LogP contribution is 2.21. The molecule has 0 radical (unpaired) electrons. The largest absolute Gasteiger partial charge is 0.388 e. The first kappa shape index (κ1) is 12.0. The van der Waals surface area contributed by atoms with E-state index < -0.39 is 0 Å². The molecule has 3 rings (SSSR count). The van der Waals surface area contributed by atoms with Gasteiger partial charge in [0.05, 0.1) is 0 Å². The molecule has 0 spiro atoms. The number of anilines is 1. The van der Waals surface area contributed by atoms with Gasteiger partial charge in [-0.15, -0.1) is 0 Å². The smallest absolute Gasteiger partial charge is 0.226 e. The first-order valence-electron chi connectivity index (χ1n) is 6.18. The molecule has 1 aromatic carbocycles. The Morgan fingerprint density at radius 3 is 2.79 bits per heavy atom. The summed E-state index contributed by atoms with van der Waals surface area (Å²) in [6, 6.07) is 10.2. The third-order valence-electron chi connectivity index (χ3n) is 3.31. The zero-order valence-corrected chi connectivity index (χ0v) is 11.2. The van der Waals surface area contributed by atoms with E-state index in [4.69, 9.17) is 18.0 Å². The Bertz CT molecular complexity index is 626. The fourth-order valence-electron chi connectivity index (χ4n) is 2.30. The first-order chi connectivity index (χ1) is 9.24. The minimum atomic E-state index is 0.307. The number of benzene rings is 1. The Balaban J connectivity index is 1.89. The van der Waals surface area contributed by atoms with Crippen molar-refractivity contribution in [3.8, 4) is 0 Å². The molecule has 5 heteroatoms. The molecule has 2 heterocycles. The highest BCUT2D eigenvalue weighted by molar-refractivity contribution is 7.80. The van der Waals surface area contributed by atoms with Crippen LogP contribution in [-0.2, 0) is 13.0 Å². The molecule has 0 amide bonds. The lowest BCUT2D eigenvalue weighted by molar-refractivity contribution is 0.707. The van der Waals surface area contributed by atoms with E-state index in [0.717, 1.165) is 19.5 Å². The van der Waals surface area contributed by atoms with Crippen molar-refractivity contribution in [2.24, 2.45) is 5.73 Å². The van der Waals surface area contributed by atoms with Crippen LogP contribution in [0.25, 0.3) is 0 Å². The van der Waals surface area contributed by atoms with Gasteiger partial charge >= 0.3 is 0 Å². The van der Waals surface area contributed by atoms with Crippen LogP contribution in [0.4, 0.5) is 5.95 Å². The van der Waals surface area contributed by atoms with E-state index in [1.807, 2.05) is 0 Å². The van der Waals surface area contributed by atoms with Crippen LogP contribution in [0, 0.1) is 0 Å². The number of aromatic nitrogens is 2. The third kappa shape index (κ3) is 2.42. The Morgan fingerprint density at radius 2 is 2.00 bits per heavy atom. The van der Waals surface area contributed by atoms with Gasteiger partial charge in [-0.3, -0.25) is 0 Å². The van der Waals surface area contributed by atoms with Crippen LogP contribution in [0.15, 0.2) is 36.5 Å². The molecule has 96 valence electrons. The van der Waals surface area contributed by atoms with Gasteiger partial charge < -0.3 is 10.6 Å². The molecule has 0 saturated heterocycles. The molecule has 4 nitrogen and oxygen atoms in total. The number of hydrogen-bond acceptors (Lipinski definition) is 4. The van der Waals surface area contributed by atoms with Crippen molar-refractivity contribution in [2.45, 2.75) is 13.0 Å².